The second-order valence-corrected chi connectivity index (χ2v) is 9.00. The van der Waals surface area contributed by atoms with Gasteiger partial charge in [-0.1, -0.05) is 82.0 Å². The molecule has 2 aromatic rings. The van der Waals surface area contributed by atoms with E-state index in [2.05, 4.69) is 70.2 Å². The molecule has 0 radical (unpaired) electrons. The van der Waals surface area contributed by atoms with E-state index in [4.69, 9.17) is 9.47 Å². The molecule has 1 heterocycles. The quantitative estimate of drug-likeness (QED) is 0.464. The summed E-state index contributed by atoms with van der Waals surface area (Å²) in [6, 6.07) is 15.8. The number of fused-ring (bicyclic) bond motifs is 3. The third-order valence-electron chi connectivity index (χ3n) is 6.98. The number of benzene rings is 2. The van der Waals surface area contributed by atoms with Gasteiger partial charge in [-0.3, -0.25) is 0 Å². The maximum Gasteiger partial charge on any atom is 0.225 e. The molecule has 0 saturated carbocycles. The molecule has 2 heteroatoms. The third-order valence-corrected chi connectivity index (χ3v) is 6.98. The van der Waals surface area contributed by atoms with Gasteiger partial charge >= 0.3 is 0 Å². The van der Waals surface area contributed by atoms with E-state index >= 15 is 0 Å². The highest BCUT2D eigenvalue weighted by molar-refractivity contribution is 5.83. The Morgan fingerprint density at radius 3 is 1.96 bits per heavy atom. The van der Waals surface area contributed by atoms with E-state index in [1.165, 1.54) is 66.3 Å². The molecule has 0 bridgehead atoms. The molecule has 2 aliphatic rings. The molecular formula is C26H34O2. The minimum atomic E-state index is -0.635. The first kappa shape index (κ1) is 19.7. The van der Waals surface area contributed by atoms with Gasteiger partial charge in [-0.25, -0.2) is 0 Å². The van der Waals surface area contributed by atoms with Crippen molar-refractivity contribution in [1.29, 1.82) is 0 Å². The zero-order valence-corrected chi connectivity index (χ0v) is 18.1. The molecule has 4 rings (SSSR count). The smallest absolute Gasteiger partial charge is 0.225 e. The van der Waals surface area contributed by atoms with Crippen molar-refractivity contribution < 1.29 is 9.47 Å². The first-order chi connectivity index (χ1) is 13.5. The van der Waals surface area contributed by atoms with Gasteiger partial charge in [0.1, 0.15) is 5.60 Å². The highest BCUT2D eigenvalue weighted by atomic mass is 16.8. The van der Waals surface area contributed by atoms with Crippen molar-refractivity contribution in [3.63, 3.8) is 0 Å². The number of epoxide rings is 1. The highest BCUT2D eigenvalue weighted by Gasteiger charge is 2.68. The van der Waals surface area contributed by atoms with Gasteiger partial charge in [0.15, 0.2) is 0 Å². The summed E-state index contributed by atoms with van der Waals surface area (Å²) < 4.78 is 12.3. The summed E-state index contributed by atoms with van der Waals surface area (Å²) in [5, 5.41) is 0. The minimum Gasteiger partial charge on any atom is -0.347 e. The van der Waals surface area contributed by atoms with Crippen LogP contribution < -0.4 is 0 Å². The van der Waals surface area contributed by atoms with E-state index in [1.807, 2.05) is 0 Å². The third kappa shape index (κ3) is 2.61. The standard InChI is InChI=1S/C26H34O2/c1-6-8-17-25(18-9-7-2)21-15-11-10-13-19(21)20-14-12-16-22(23(20)25)26(27-5)24(3,4)28-26/h10-16H,6-9,17-18H2,1-5H3. The highest BCUT2D eigenvalue weighted by Crippen LogP contribution is 2.63. The molecule has 1 fully saturated rings. The average molecular weight is 379 g/mol. The molecule has 1 aliphatic carbocycles. The van der Waals surface area contributed by atoms with Crippen LogP contribution in [0.1, 0.15) is 82.9 Å². The maximum atomic E-state index is 6.23. The van der Waals surface area contributed by atoms with Gasteiger partial charge in [0.2, 0.25) is 5.79 Å². The number of hydrogen-bond donors (Lipinski definition) is 0. The Hall–Kier alpha value is -1.64. The fraction of sp³-hybridized carbons (Fsp3) is 0.538. The zero-order chi connectivity index (χ0) is 20.0. The lowest BCUT2D eigenvalue weighted by atomic mass is 9.68. The summed E-state index contributed by atoms with van der Waals surface area (Å²) in [6.45, 7) is 8.87. The van der Waals surface area contributed by atoms with E-state index in [-0.39, 0.29) is 11.0 Å². The van der Waals surface area contributed by atoms with E-state index in [0.717, 1.165) is 0 Å². The first-order valence-corrected chi connectivity index (χ1v) is 11.0. The summed E-state index contributed by atoms with van der Waals surface area (Å²) in [7, 11) is 1.79. The zero-order valence-electron chi connectivity index (χ0n) is 18.1. The van der Waals surface area contributed by atoms with Crippen LogP contribution in [-0.2, 0) is 20.7 Å². The second kappa shape index (κ2) is 7.00. The molecule has 2 nitrogen and oxygen atoms in total. The molecule has 150 valence electrons. The Kier molecular flexibility index (Phi) is 4.92. The second-order valence-electron chi connectivity index (χ2n) is 9.00. The van der Waals surface area contributed by atoms with Gasteiger partial charge in [0.05, 0.1) is 0 Å². The Labute approximate surface area is 170 Å². The maximum absolute atomic E-state index is 6.23. The average Bonchev–Trinajstić information content (AvgIpc) is 3.18. The molecule has 1 atom stereocenters. The molecule has 0 amide bonds. The van der Waals surface area contributed by atoms with Gasteiger partial charge in [-0.15, -0.1) is 0 Å². The van der Waals surface area contributed by atoms with Crippen LogP contribution in [0.15, 0.2) is 42.5 Å². The van der Waals surface area contributed by atoms with Crippen molar-refractivity contribution in [1.82, 2.24) is 0 Å². The molecule has 28 heavy (non-hydrogen) atoms. The predicted molar refractivity (Wildman–Crippen MR) is 116 cm³/mol. The van der Waals surface area contributed by atoms with Gasteiger partial charge in [-0.2, -0.15) is 0 Å². The van der Waals surface area contributed by atoms with Crippen LogP contribution in [0.25, 0.3) is 11.1 Å². The van der Waals surface area contributed by atoms with Crippen LogP contribution in [-0.4, -0.2) is 12.7 Å². The van der Waals surface area contributed by atoms with Crippen molar-refractivity contribution in [3.8, 4) is 11.1 Å². The van der Waals surface area contributed by atoms with Gasteiger partial charge in [0.25, 0.3) is 0 Å². The van der Waals surface area contributed by atoms with Crippen LogP contribution in [0.5, 0.6) is 0 Å². The summed E-state index contributed by atoms with van der Waals surface area (Å²) in [6.07, 6.45) is 7.26. The topological polar surface area (TPSA) is 21.8 Å². The monoisotopic (exact) mass is 378 g/mol. The van der Waals surface area contributed by atoms with E-state index in [0.29, 0.717) is 0 Å². The van der Waals surface area contributed by atoms with E-state index < -0.39 is 5.79 Å². The summed E-state index contributed by atoms with van der Waals surface area (Å²) >= 11 is 0. The molecule has 1 aliphatic heterocycles. The van der Waals surface area contributed by atoms with Crippen molar-refractivity contribution in [2.24, 2.45) is 0 Å². The SMILES string of the molecule is CCCCC1(CCCC)c2ccccc2-c2cccc(C3(OC)OC3(C)C)c21. The minimum absolute atomic E-state index is 0.0576. The Bertz CT molecular complexity index is 858. The van der Waals surface area contributed by atoms with Crippen LogP contribution in [0, 0.1) is 0 Å². The number of rotatable bonds is 8. The number of unbranched alkanes of at least 4 members (excludes halogenated alkanes) is 2. The van der Waals surface area contributed by atoms with Crippen LogP contribution >= 0.6 is 0 Å². The molecule has 0 spiro atoms. The van der Waals surface area contributed by atoms with E-state index in [1.54, 1.807) is 7.11 Å². The Morgan fingerprint density at radius 1 is 0.821 bits per heavy atom. The first-order valence-electron chi connectivity index (χ1n) is 11.0. The van der Waals surface area contributed by atoms with Crippen molar-refractivity contribution in [2.45, 2.75) is 83.0 Å². The van der Waals surface area contributed by atoms with Crippen LogP contribution in [0.3, 0.4) is 0 Å². The molecule has 0 N–H and O–H groups in total. The molecular weight excluding hydrogens is 344 g/mol. The fourth-order valence-electron chi connectivity index (χ4n) is 5.55. The Balaban J connectivity index is 1.99. The van der Waals surface area contributed by atoms with Crippen molar-refractivity contribution in [3.05, 3.63) is 59.2 Å². The van der Waals surface area contributed by atoms with Crippen molar-refractivity contribution >= 4 is 0 Å². The van der Waals surface area contributed by atoms with Crippen LogP contribution in [0.2, 0.25) is 0 Å². The fourth-order valence-corrected chi connectivity index (χ4v) is 5.55. The largest absolute Gasteiger partial charge is 0.347 e. The molecule has 1 unspecified atom stereocenters. The summed E-state index contributed by atoms with van der Waals surface area (Å²) in [5.74, 6) is -0.635. The summed E-state index contributed by atoms with van der Waals surface area (Å²) in [5.41, 5.74) is 6.74. The normalized spacial score (nSPS) is 23.3. The predicted octanol–water partition coefficient (Wildman–Crippen LogP) is 6.94. The lowest BCUT2D eigenvalue weighted by molar-refractivity contribution is -0.0160. The lowest BCUT2D eigenvalue weighted by Gasteiger charge is -2.35. The van der Waals surface area contributed by atoms with Gasteiger partial charge in [-0.05, 0) is 48.9 Å². The summed E-state index contributed by atoms with van der Waals surface area (Å²) in [4.78, 5) is 0. The number of methoxy groups -OCH3 is 1. The molecule has 0 aromatic heterocycles. The van der Waals surface area contributed by atoms with Gasteiger partial charge in [0, 0.05) is 18.1 Å². The van der Waals surface area contributed by atoms with E-state index in [9.17, 15) is 0 Å². The molecule has 2 aromatic carbocycles. The van der Waals surface area contributed by atoms with Crippen molar-refractivity contribution in [2.75, 3.05) is 7.11 Å². The molecule has 1 saturated heterocycles. The Morgan fingerprint density at radius 2 is 1.39 bits per heavy atom. The lowest BCUT2D eigenvalue weighted by Crippen LogP contribution is -2.31. The number of hydrogen-bond acceptors (Lipinski definition) is 2. The number of ether oxygens (including phenoxy) is 2. The van der Waals surface area contributed by atoms with Crippen LogP contribution in [0.4, 0.5) is 0 Å². The van der Waals surface area contributed by atoms with Gasteiger partial charge < -0.3 is 9.47 Å².